The highest BCUT2D eigenvalue weighted by molar-refractivity contribution is 6.32. The summed E-state index contributed by atoms with van der Waals surface area (Å²) in [6.45, 7) is 3.20. The summed E-state index contributed by atoms with van der Waals surface area (Å²) in [6.07, 6.45) is 4.18. The lowest BCUT2D eigenvalue weighted by molar-refractivity contribution is -0.0141. The molecule has 1 fully saturated rings. The third-order valence-electron chi connectivity index (χ3n) is 6.08. The van der Waals surface area contributed by atoms with E-state index in [2.05, 4.69) is 20.3 Å². The number of aliphatic hydroxyl groups excluding tert-OH is 1. The van der Waals surface area contributed by atoms with Crippen molar-refractivity contribution in [1.82, 2.24) is 25.2 Å². The van der Waals surface area contributed by atoms with Crippen molar-refractivity contribution in [3.8, 4) is 17.4 Å². The number of pyridine rings is 3. The van der Waals surface area contributed by atoms with Gasteiger partial charge in [-0.15, -0.1) is 0 Å². The monoisotopic (exact) mass is 471 g/mol. The molecule has 0 saturated carbocycles. The van der Waals surface area contributed by atoms with Crippen LogP contribution in [0.4, 0.5) is 0 Å². The van der Waals surface area contributed by atoms with Crippen LogP contribution in [-0.4, -0.2) is 64.4 Å². The van der Waals surface area contributed by atoms with E-state index in [9.17, 15) is 5.11 Å². The van der Waals surface area contributed by atoms with Crippen LogP contribution < -0.4 is 19.5 Å². The summed E-state index contributed by atoms with van der Waals surface area (Å²) in [7, 11) is 1.56. The van der Waals surface area contributed by atoms with Gasteiger partial charge in [-0.1, -0.05) is 11.6 Å². The molecule has 2 N–H and O–H groups in total. The Kier molecular flexibility index (Phi) is 6.45. The van der Waals surface area contributed by atoms with Crippen LogP contribution in [0.2, 0.25) is 5.02 Å². The molecule has 33 heavy (non-hydrogen) atoms. The number of piperidine rings is 1. The molecular formula is C23H26ClN5O4. The second-order valence-corrected chi connectivity index (χ2v) is 8.53. The van der Waals surface area contributed by atoms with Crippen molar-refractivity contribution in [2.75, 3.05) is 33.4 Å². The van der Waals surface area contributed by atoms with Crippen LogP contribution in [0.5, 0.6) is 17.4 Å². The van der Waals surface area contributed by atoms with Crippen LogP contribution in [0.15, 0.2) is 30.6 Å². The first-order valence-corrected chi connectivity index (χ1v) is 11.4. The number of nitrogens with zero attached hydrogens (tertiary/aromatic N) is 4. The van der Waals surface area contributed by atoms with Gasteiger partial charge >= 0.3 is 0 Å². The van der Waals surface area contributed by atoms with Gasteiger partial charge in [0.15, 0.2) is 11.5 Å². The van der Waals surface area contributed by atoms with Crippen molar-refractivity contribution in [2.24, 2.45) is 0 Å². The van der Waals surface area contributed by atoms with Crippen molar-refractivity contribution in [3.05, 3.63) is 46.9 Å². The van der Waals surface area contributed by atoms with Crippen LogP contribution in [0, 0.1) is 0 Å². The number of aliphatic hydroxyl groups is 1. The number of nitrogens with one attached hydrogen (secondary N) is 1. The summed E-state index contributed by atoms with van der Waals surface area (Å²) in [5.74, 6) is 1.90. The number of fused-ring (bicyclic) bond motifs is 2. The highest BCUT2D eigenvalue weighted by Gasteiger charge is 2.28. The number of ether oxygens (including phenoxy) is 3. The van der Waals surface area contributed by atoms with Crippen LogP contribution in [0.25, 0.3) is 11.0 Å². The van der Waals surface area contributed by atoms with Crippen LogP contribution >= 0.6 is 11.6 Å². The van der Waals surface area contributed by atoms with Gasteiger partial charge in [0.1, 0.15) is 25.0 Å². The minimum Gasteiger partial charge on any atom is -0.486 e. The molecule has 174 valence electrons. The topological polar surface area (TPSA) is 102 Å². The van der Waals surface area contributed by atoms with E-state index in [1.807, 2.05) is 17.0 Å². The predicted octanol–water partition coefficient (Wildman–Crippen LogP) is 2.70. The minimum absolute atomic E-state index is 0.325. The zero-order chi connectivity index (χ0) is 22.8. The molecule has 10 heteroatoms. The zero-order valence-electron chi connectivity index (χ0n) is 18.3. The minimum atomic E-state index is -0.872. The Labute approximate surface area is 196 Å². The largest absolute Gasteiger partial charge is 0.486 e. The molecule has 0 amide bonds. The summed E-state index contributed by atoms with van der Waals surface area (Å²) in [6, 6.07) is 5.81. The maximum Gasteiger partial charge on any atom is 0.213 e. The quantitative estimate of drug-likeness (QED) is 0.561. The standard InChI is InChI=1S/C23H26ClN5O4/c1-31-20-3-2-17-22(28-20)21(16(24)12-27-17)23(30)29-6-4-14(5-7-29)25-11-15-10-18-19(13-26-15)33-9-8-32-18/h2-3,10,12-14,23,25,30H,4-9,11H2,1H3. The molecule has 2 aliphatic heterocycles. The number of likely N-dealkylation sites (tertiary alicyclic amines) is 1. The average molecular weight is 472 g/mol. The molecule has 5 rings (SSSR count). The summed E-state index contributed by atoms with van der Waals surface area (Å²) in [5.41, 5.74) is 2.70. The summed E-state index contributed by atoms with van der Waals surface area (Å²) in [4.78, 5) is 15.3. The van der Waals surface area contributed by atoms with Gasteiger partial charge in [0.2, 0.25) is 5.88 Å². The second kappa shape index (κ2) is 9.64. The molecule has 9 nitrogen and oxygen atoms in total. The normalized spacial score (nSPS) is 17.8. The van der Waals surface area contributed by atoms with Gasteiger partial charge < -0.3 is 24.6 Å². The Morgan fingerprint density at radius 2 is 1.97 bits per heavy atom. The number of aromatic nitrogens is 3. The smallest absolute Gasteiger partial charge is 0.213 e. The molecule has 3 aromatic rings. The summed E-state index contributed by atoms with van der Waals surface area (Å²) < 4.78 is 16.4. The van der Waals surface area contributed by atoms with Crippen molar-refractivity contribution in [1.29, 1.82) is 0 Å². The molecule has 1 saturated heterocycles. The fourth-order valence-corrected chi connectivity index (χ4v) is 4.51. The molecule has 1 unspecified atom stereocenters. The van der Waals surface area contributed by atoms with E-state index >= 15 is 0 Å². The molecule has 0 spiro atoms. The molecule has 0 aliphatic carbocycles. The fourth-order valence-electron chi connectivity index (χ4n) is 4.27. The number of hydrogen-bond acceptors (Lipinski definition) is 9. The van der Waals surface area contributed by atoms with Crippen LogP contribution in [0.1, 0.15) is 30.3 Å². The zero-order valence-corrected chi connectivity index (χ0v) is 19.1. The van der Waals surface area contributed by atoms with E-state index in [4.69, 9.17) is 25.8 Å². The van der Waals surface area contributed by atoms with E-state index in [-0.39, 0.29) is 0 Å². The summed E-state index contributed by atoms with van der Waals surface area (Å²) in [5, 5.41) is 15.1. The predicted molar refractivity (Wildman–Crippen MR) is 123 cm³/mol. The van der Waals surface area contributed by atoms with Gasteiger partial charge in [0, 0.05) is 49.6 Å². The lowest BCUT2D eigenvalue weighted by atomic mass is 10.0. The first-order valence-electron chi connectivity index (χ1n) is 11.0. The van der Waals surface area contributed by atoms with E-state index in [0.29, 0.717) is 59.0 Å². The Hall–Kier alpha value is -2.72. The van der Waals surface area contributed by atoms with Crippen molar-refractivity contribution in [2.45, 2.75) is 31.7 Å². The van der Waals surface area contributed by atoms with Gasteiger partial charge in [-0.2, -0.15) is 0 Å². The molecule has 3 aromatic heterocycles. The number of rotatable bonds is 6. The molecule has 2 aliphatic rings. The first kappa shape index (κ1) is 22.1. The SMILES string of the molecule is COc1ccc2ncc(Cl)c(C(O)N3CCC(NCc4cc5c(cn4)OCCO5)CC3)c2n1. The third-order valence-corrected chi connectivity index (χ3v) is 6.38. The van der Waals surface area contributed by atoms with E-state index in [0.717, 1.165) is 37.4 Å². The van der Waals surface area contributed by atoms with Gasteiger partial charge in [0.25, 0.3) is 0 Å². The van der Waals surface area contributed by atoms with E-state index < -0.39 is 6.23 Å². The Morgan fingerprint density at radius 3 is 2.76 bits per heavy atom. The highest BCUT2D eigenvalue weighted by atomic mass is 35.5. The molecule has 1 atom stereocenters. The highest BCUT2D eigenvalue weighted by Crippen LogP contribution is 2.33. The lowest BCUT2D eigenvalue weighted by Gasteiger charge is -2.36. The Balaban J connectivity index is 1.22. The summed E-state index contributed by atoms with van der Waals surface area (Å²) >= 11 is 6.44. The van der Waals surface area contributed by atoms with Crippen LogP contribution in [-0.2, 0) is 6.54 Å². The molecule has 0 aromatic carbocycles. The van der Waals surface area contributed by atoms with Gasteiger partial charge in [-0.3, -0.25) is 14.9 Å². The fraction of sp³-hybridized carbons (Fsp3) is 0.435. The van der Waals surface area contributed by atoms with E-state index in [1.165, 1.54) is 0 Å². The lowest BCUT2D eigenvalue weighted by Crippen LogP contribution is -2.43. The third kappa shape index (κ3) is 4.67. The van der Waals surface area contributed by atoms with Gasteiger partial charge in [-0.05, 0) is 18.9 Å². The maximum atomic E-state index is 11.2. The van der Waals surface area contributed by atoms with E-state index in [1.54, 1.807) is 25.6 Å². The maximum absolute atomic E-state index is 11.2. The molecule has 0 bridgehead atoms. The number of hydrogen-bond donors (Lipinski definition) is 2. The van der Waals surface area contributed by atoms with Crippen molar-refractivity contribution >= 4 is 22.6 Å². The van der Waals surface area contributed by atoms with Gasteiger partial charge in [0.05, 0.1) is 29.5 Å². The molecular weight excluding hydrogens is 446 g/mol. The number of methoxy groups -OCH3 is 1. The van der Waals surface area contributed by atoms with Crippen molar-refractivity contribution in [3.63, 3.8) is 0 Å². The molecule has 5 heterocycles. The Bertz CT molecular complexity index is 1140. The van der Waals surface area contributed by atoms with Gasteiger partial charge in [-0.25, -0.2) is 4.98 Å². The molecule has 0 radical (unpaired) electrons. The first-order chi connectivity index (χ1) is 16.1. The Morgan fingerprint density at radius 1 is 1.18 bits per heavy atom. The van der Waals surface area contributed by atoms with Crippen LogP contribution in [0.3, 0.4) is 0 Å². The number of halogens is 1. The average Bonchev–Trinajstić information content (AvgIpc) is 2.87. The van der Waals surface area contributed by atoms with Crippen molar-refractivity contribution < 1.29 is 19.3 Å². The second-order valence-electron chi connectivity index (χ2n) is 8.13.